The molecule has 82 valence electrons. The predicted molar refractivity (Wildman–Crippen MR) is 60.3 cm³/mol. The Balaban J connectivity index is 1.83. The van der Waals surface area contributed by atoms with Gasteiger partial charge in [-0.15, -0.1) is 0 Å². The van der Waals surface area contributed by atoms with Crippen molar-refractivity contribution in [1.29, 1.82) is 0 Å². The molecule has 0 aliphatic carbocycles. The first-order chi connectivity index (χ1) is 7.33. The van der Waals surface area contributed by atoms with E-state index in [9.17, 15) is 0 Å². The molecule has 0 radical (unpaired) electrons. The van der Waals surface area contributed by atoms with Gasteiger partial charge in [0.05, 0.1) is 19.3 Å². The van der Waals surface area contributed by atoms with Gasteiger partial charge in [0.25, 0.3) is 0 Å². The fourth-order valence-corrected chi connectivity index (χ4v) is 1.93. The molecule has 15 heavy (non-hydrogen) atoms. The Morgan fingerprint density at radius 3 is 2.87 bits per heavy atom. The molecule has 0 amide bonds. The van der Waals surface area contributed by atoms with Crippen LogP contribution in [-0.2, 0) is 11.2 Å². The summed E-state index contributed by atoms with van der Waals surface area (Å²) in [7, 11) is 1.70. The maximum Gasteiger partial charge on any atom is 0.119 e. The largest absolute Gasteiger partial charge is 0.497 e. The van der Waals surface area contributed by atoms with E-state index in [-0.39, 0.29) is 0 Å². The van der Waals surface area contributed by atoms with Gasteiger partial charge >= 0.3 is 0 Å². The minimum Gasteiger partial charge on any atom is -0.497 e. The van der Waals surface area contributed by atoms with Crippen LogP contribution in [0.25, 0.3) is 0 Å². The third-order valence-electron chi connectivity index (χ3n) is 2.94. The molecule has 1 aliphatic heterocycles. The molecule has 1 aliphatic rings. The Hall–Kier alpha value is -1.02. The molecule has 2 atom stereocenters. The summed E-state index contributed by atoms with van der Waals surface area (Å²) < 4.78 is 10.7. The fourth-order valence-electron chi connectivity index (χ4n) is 1.93. The molecule has 1 heterocycles. The zero-order valence-corrected chi connectivity index (χ0v) is 9.40. The molecule has 1 saturated heterocycles. The van der Waals surface area contributed by atoms with E-state index in [4.69, 9.17) is 9.47 Å². The van der Waals surface area contributed by atoms with Crippen molar-refractivity contribution in [3.63, 3.8) is 0 Å². The highest BCUT2D eigenvalue weighted by atomic mass is 16.6. The fraction of sp³-hybridized carbons (Fsp3) is 0.538. The van der Waals surface area contributed by atoms with Gasteiger partial charge in [-0.25, -0.2) is 0 Å². The van der Waals surface area contributed by atoms with Gasteiger partial charge in [-0.3, -0.25) is 0 Å². The van der Waals surface area contributed by atoms with Crippen LogP contribution in [0, 0.1) is 0 Å². The first-order valence-electron chi connectivity index (χ1n) is 5.62. The van der Waals surface area contributed by atoms with Crippen molar-refractivity contribution in [1.82, 2.24) is 0 Å². The zero-order chi connectivity index (χ0) is 10.7. The first kappa shape index (κ1) is 10.5. The van der Waals surface area contributed by atoms with E-state index in [1.807, 2.05) is 12.1 Å². The van der Waals surface area contributed by atoms with E-state index in [1.54, 1.807) is 7.11 Å². The molecule has 1 fully saturated rings. The molecule has 0 bridgehead atoms. The lowest BCUT2D eigenvalue weighted by atomic mass is 10.1. The third-order valence-corrected chi connectivity index (χ3v) is 2.94. The number of aryl methyl sites for hydroxylation is 1. The quantitative estimate of drug-likeness (QED) is 0.691. The SMILES string of the molecule is CCC1OC1CCc1cccc(OC)c1. The number of hydrogen-bond donors (Lipinski definition) is 0. The van der Waals surface area contributed by atoms with Crippen LogP contribution in [-0.4, -0.2) is 19.3 Å². The van der Waals surface area contributed by atoms with Crippen LogP contribution >= 0.6 is 0 Å². The van der Waals surface area contributed by atoms with Crippen LogP contribution < -0.4 is 4.74 Å². The molecule has 1 aromatic rings. The Bertz CT molecular complexity index is 322. The third kappa shape index (κ3) is 2.72. The number of rotatable bonds is 5. The second-order valence-electron chi connectivity index (χ2n) is 4.01. The first-order valence-corrected chi connectivity index (χ1v) is 5.62. The Morgan fingerprint density at radius 2 is 2.20 bits per heavy atom. The number of hydrogen-bond acceptors (Lipinski definition) is 2. The van der Waals surface area contributed by atoms with Gasteiger partial charge in [0, 0.05) is 0 Å². The van der Waals surface area contributed by atoms with Crippen LogP contribution in [0.5, 0.6) is 5.75 Å². The van der Waals surface area contributed by atoms with Gasteiger partial charge in [-0.2, -0.15) is 0 Å². The van der Waals surface area contributed by atoms with Gasteiger partial charge in [0.2, 0.25) is 0 Å². The van der Waals surface area contributed by atoms with Crippen LogP contribution in [0.2, 0.25) is 0 Å². The van der Waals surface area contributed by atoms with E-state index in [0.29, 0.717) is 12.2 Å². The van der Waals surface area contributed by atoms with Crippen LogP contribution in [0.4, 0.5) is 0 Å². The van der Waals surface area contributed by atoms with Gasteiger partial charge in [-0.1, -0.05) is 19.1 Å². The molecule has 1 aromatic carbocycles. The van der Waals surface area contributed by atoms with E-state index in [2.05, 4.69) is 19.1 Å². The lowest BCUT2D eigenvalue weighted by Crippen LogP contribution is -1.95. The zero-order valence-electron chi connectivity index (χ0n) is 9.40. The molecule has 0 N–H and O–H groups in total. The molecule has 0 saturated carbocycles. The van der Waals surface area contributed by atoms with Crippen molar-refractivity contribution in [2.75, 3.05) is 7.11 Å². The molecule has 2 rings (SSSR count). The smallest absolute Gasteiger partial charge is 0.119 e. The van der Waals surface area contributed by atoms with E-state index in [0.717, 1.165) is 25.0 Å². The van der Waals surface area contributed by atoms with Crippen molar-refractivity contribution < 1.29 is 9.47 Å². The maximum atomic E-state index is 5.51. The number of ether oxygens (including phenoxy) is 2. The summed E-state index contributed by atoms with van der Waals surface area (Å²) >= 11 is 0. The summed E-state index contributed by atoms with van der Waals surface area (Å²) in [4.78, 5) is 0. The highest BCUT2D eigenvalue weighted by Crippen LogP contribution is 2.29. The molecular formula is C13H18O2. The van der Waals surface area contributed by atoms with E-state index < -0.39 is 0 Å². The monoisotopic (exact) mass is 206 g/mol. The number of epoxide rings is 1. The second kappa shape index (κ2) is 4.67. The summed E-state index contributed by atoms with van der Waals surface area (Å²) in [6.07, 6.45) is 4.38. The van der Waals surface area contributed by atoms with Crippen molar-refractivity contribution in [2.45, 2.75) is 38.4 Å². The minimum absolute atomic E-state index is 0.501. The summed E-state index contributed by atoms with van der Waals surface area (Å²) in [6, 6.07) is 8.26. The van der Waals surface area contributed by atoms with Gasteiger partial charge in [-0.05, 0) is 37.0 Å². The van der Waals surface area contributed by atoms with E-state index in [1.165, 1.54) is 5.56 Å². The van der Waals surface area contributed by atoms with Crippen LogP contribution in [0.3, 0.4) is 0 Å². The van der Waals surface area contributed by atoms with Crippen molar-refractivity contribution >= 4 is 0 Å². The highest BCUT2D eigenvalue weighted by Gasteiger charge is 2.35. The molecule has 0 aromatic heterocycles. The van der Waals surface area contributed by atoms with Gasteiger partial charge < -0.3 is 9.47 Å². The lowest BCUT2D eigenvalue weighted by Gasteiger charge is -2.03. The number of benzene rings is 1. The Morgan fingerprint density at radius 1 is 1.33 bits per heavy atom. The van der Waals surface area contributed by atoms with Crippen LogP contribution in [0.15, 0.2) is 24.3 Å². The van der Waals surface area contributed by atoms with Crippen LogP contribution in [0.1, 0.15) is 25.3 Å². The summed E-state index contributed by atoms with van der Waals surface area (Å²) in [5, 5.41) is 0. The summed E-state index contributed by atoms with van der Waals surface area (Å²) in [5.41, 5.74) is 1.33. The normalized spacial score (nSPS) is 23.9. The highest BCUT2D eigenvalue weighted by molar-refractivity contribution is 5.28. The standard InChI is InChI=1S/C13H18O2/c1-3-12-13(15-12)8-7-10-5-4-6-11(9-10)14-2/h4-6,9,12-13H,3,7-8H2,1-2H3. The second-order valence-corrected chi connectivity index (χ2v) is 4.01. The van der Waals surface area contributed by atoms with Crippen molar-refractivity contribution in [3.05, 3.63) is 29.8 Å². The van der Waals surface area contributed by atoms with Gasteiger partial charge in [0.1, 0.15) is 5.75 Å². The summed E-state index contributed by atoms with van der Waals surface area (Å²) in [5.74, 6) is 0.941. The maximum absolute atomic E-state index is 5.51. The average molecular weight is 206 g/mol. The molecule has 2 nitrogen and oxygen atoms in total. The van der Waals surface area contributed by atoms with E-state index >= 15 is 0 Å². The van der Waals surface area contributed by atoms with Crippen molar-refractivity contribution in [2.24, 2.45) is 0 Å². The molecule has 2 heteroatoms. The van der Waals surface area contributed by atoms with Crippen molar-refractivity contribution in [3.8, 4) is 5.75 Å². The average Bonchev–Trinajstić information content (AvgIpc) is 3.05. The molecular weight excluding hydrogens is 188 g/mol. The topological polar surface area (TPSA) is 21.8 Å². The predicted octanol–water partition coefficient (Wildman–Crippen LogP) is 2.81. The Labute approximate surface area is 91.2 Å². The summed E-state index contributed by atoms with van der Waals surface area (Å²) in [6.45, 7) is 2.18. The minimum atomic E-state index is 0.501. The molecule has 2 unspecified atom stereocenters. The Kier molecular flexibility index (Phi) is 3.27. The molecule has 0 spiro atoms. The van der Waals surface area contributed by atoms with Gasteiger partial charge in [0.15, 0.2) is 0 Å². The number of methoxy groups -OCH3 is 1. The lowest BCUT2D eigenvalue weighted by molar-refractivity contribution is 0.359.